The van der Waals surface area contributed by atoms with Gasteiger partial charge in [-0.1, -0.05) is 127 Å². The van der Waals surface area contributed by atoms with Crippen molar-refractivity contribution in [2.24, 2.45) is 0 Å². The fourth-order valence-electron chi connectivity index (χ4n) is 9.33. The number of benzene rings is 9. The molecule has 278 valence electrons. The predicted octanol–water partition coefficient (Wildman–Crippen LogP) is 15.8. The number of thiophene rings is 2. The molecule has 5 heterocycles. The molecule has 0 radical (unpaired) electrons. The molecule has 6 heteroatoms. The molecular formula is C54H29N3OS2. The van der Waals surface area contributed by atoms with Crippen LogP contribution in [0, 0.1) is 0 Å². The monoisotopic (exact) mass is 806 g/mol. The van der Waals surface area contributed by atoms with E-state index in [0.717, 1.165) is 53.4 Å². The Balaban J connectivity index is 1.01. The van der Waals surface area contributed by atoms with Crippen molar-refractivity contribution in [1.29, 1.82) is 0 Å². The average molecular weight is 807 g/mol. The van der Waals surface area contributed by atoms with Crippen LogP contribution >= 0.6 is 22.7 Å². The smallest absolute Gasteiger partial charge is 0.161 e. The Morgan fingerprint density at radius 1 is 0.517 bits per heavy atom. The zero-order valence-electron chi connectivity index (χ0n) is 38.3. The second-order valence-corrected chi connectivity index (χ2v) is 17.2. The minimum atomic E-state index is -0.515. The molecule has 0 aliphatic rings. The van der Waals surface area contributed by atoms with E-state index < -0.39 is 36.3 Å². The summed E-state index contributed by atoms with van der Waals surface area (Å²) in [6.45, 7) is 0. The Labute approximate surface area is 359 Å². The van der Waals surface area contributed by atoms with Crippen molar-refractivity contribution in [2.45, 2.75) is 0 Å². The van der Waals surface area contributed by atoms with Gasteiger partial charge in [0.05, 0.1) is 41.2 Å². The summed E-state index contributed by atoms with van der Waals surface area (Å²) in [7, 11) is 0. The molecule has 60 heavy (non-hydrogen) atoms. The zero-order valence-corrected chi connectivity index (χ0v) is 32.9. The van der Waals surface area contributed by atoms with Gasteiger partial charge >= 0.3 is 0 Å². The summed E-state index contributed by atoms with van der Waals surface area (Å²) in [4.78, 5) is 10.1. The molecule has 9 aromatic carbocycles. The Morgan fingerprint density at radius 3 is 2.05 bits per heavy atom. The van der Waals surface area contributed by atoms with Crippen LogP contribution < -0.4 is 0 Å². The number of aromatic nitrogens is 3. The first kappa shape index (κ1) is 26.6. The number of rotatable bonds is 3. The molecule has 4 nitrogen and oxygen atoms in total. The first-order valence-electron chi connectivity index (χ1n) is 23.1. The van der Waals surface area contributed by atoms with E-state index >= 15 is 0 Å². The minimum absolute atomic E-state index is 0.0234. The molecule has 5 aromatic heterocycles. The third-order valence-electron chi connectivity index (χ3n) is 11.9. The Hall–Kier alpha value is -7.38. The molecule has 0 bridgehead atoms. The lowest BCUT2D eigenvalue weighted by Gasteiger charge is -2.10. The van der Waals surface area contributed by atoms with Crippen LogP contribution in [0.4, 0.5) is 0 Å². The second kappa shape index (κ2) is 12.1. The van der Waals surface area contributed by atoms with Gasteiger partial charge in [0.1, 0.15) is 11.2 Å². The summed E-state index contributed by atoms with van der Waals surface area (Å²) in [6.07, 6.45) is 0. The van der Waals surface area contributed by atoms with E-state index in [-0.39, 0.29) is 28.2 Å². The molecular weight excluding hydrogens is 771 g/mol. The molecule has 0 spiro atoms. The van der Waals surface area contributed by atoms with E-state index in [4.69, 9.17) is 24.0 Å². The summed E-state index contributed by atoms with van der Waals surface area (Å²) in [5.74, 6) is 0.0284. The maximum Gasteiger partial charge on any atom is 0.161 e. The maximum absolute atomic E-state index is 9.13. The van der Waals surface area contributed by atoms with Crippen LogP contribution in [0.1, 0.15) is 9.60 Å². The molecule has 0 fully saturated rings. The molecule has 0 N–H and O–H groups in total. The van der Waals surface area contributed by atoms with E-state index in [2.05, 4.69) is 95.6 Å². The molecule has 0 saturated heterocycles. The number of hydrogen-bond donors (Lipinski definition) is 0. The van der Waals surface area contributed by atoms with E-state index in [9.17, 15) is 0 Å². The maximum atomic E-state index is 9.13. The van der Waals surface area contributed by atoms with E-state index in [1.807, 2.05) is 53.8 Å². The lowest BCUT2D eigenvalue weighted by molar-refractivity contribution is 0.669. The third-order valence-corrected chi connectivity index (χ3v) is 14.2. The Kier molecular flexibility index (Phi) is 5.35. The van der Waals surface area contributed by atoms with Gasteiger partial charge in [-0.15, -0.1) is 22.7 Å². The lowest BCUT2D eigenvalue weighted by atomic mass is 9.99. The molecule has 0 unspecified atom stereocenters. The average Bonchev–Trinajstić information content (AvgIpc) is 4.13. The largest absolute Gasteiger partial charge is 0.456 e. The predicted molar refractivity (Wildman–Crippen MR) is 255 cm³/mol. The van der Waals surface area contributed by atoms with Gasteiger partial charge in [-0.2, -0.15) is 0 Å². The van der Waals surface area contributed by atoms with Gasteiger partial charge in [0.2, 0.25) is 0 Å². The quantitative estimate of drug-likeness (QED) is 0.179. The first-order chi connectivity index (χ1) is 32.7. The molecule has 0 aliphatic heterocycles. The molecule has 0 atom stereocenters. The van der Waals surface area contributed by atoms with Crippen LogP contribution in [-0.2, 0) is 0 Å². The number of furan rings is 1. The summed E-state index contributed by atoms with van der Waals surface area (Å²) in [5, 5.41) is 9.90. The highest BCUT2D eigenvalue weighted by Gasteiger charge is 2.23. The van der Waals surface area contributed by atoms with Gasteiger partial charge in [0, 0.05) is 70.0 Å². The molecule has 0 saturated carbocycles. The van der Waals surface area contributed by atoms with E-state index in [0.29, 0.717) is 16.8 Å². The second-order valence-electron chi connectivity index (χ2n) is 15.1. The van der Waals surface area contributed by atoms with Gasteiger partial charge in [0.15, 0.2) is 5.82 Å². The summed E-state index contributed by atoms with van der Waals surface area (Å²) in [5.41, 5.74) is 6.45. The highest BCUT2D eigenvalue weighted by molar-refractivity contribution is 7.27. The van der Waals surface area contributed by atoms with Crippen LogP contribution in [0.15, 0.2) is 180 Å². The Bertz CT molecular complexity index is 4560. The van der Waals surface area contributed by atoms with E-state index in [1.165, 1.54) is 53.1 Å². The summed E-state index contributed by atoms with van der Waals surface area (Å²) < 4.78 is 74.6. The number of hydrogen-bond acceptors (Lipinski definition) is 5. The van der Waals surface area contributed by atoms with Crippen LogP contribution in [0.5, 0.6) is 0 Å². The van der Waals surface area contributed by atoms with Gasteiger partial charge < -0.3 is 8.98 Å². The topological polar surface area (TPSA) is 43.9 Å². The molecule has 14 rings (SSSR count). The normalized spacial score (nSPS) is 14.0. The highest BCUT2D eigenvalue weighted by atomic mass is 32.1. The van der Waals surface area contributed by atoms with Gasteiger partial charge in [-0.25, -0.2) is 9.97 Å². The lowest BCUT2D eigenvalue weighted by Crippen LogP contribution is -1.94. The van der Waals surface area contributed by atoms with Crippen molar-refractivity contribution < 1.29 is 14.0 Å². The number of fused-ring (bicyclic) bond motifs is 17. The van der Waals surface area contributed by atoms with Crippen molar-refractivity contribution >= 4 is 128 Å². The number of para-hydroxylation sites is 1. The summed E-state index contributed by atoms with van der Waals surface area (Å²) in [6, 6.07) is 43.1. The van der Waals surface area contributed by atoms with Gasteiger partial charge in [-0.3, -0.25) is 0 Å². The van der Waals surface area contributed by atoms with Gasteiger partial charge in [-0.05, 0) is 64.0 Å². The highest BCUT2D eigenvalue weighted by Crippen LogP contribution is 2.48. The van der Waals surface area contributed by atoms with Crippen molar-refractivity contribution in [1.82, 2.24) is 14.5 Å². The fraction of sp³-hybridized carbons (Fsp3) is 0. The van der Waals surface area contributed by atoms with Crippen LogP contribution in [0.2, 0.25) is 0 Å². The molecule has 0 aliphatic carbocycles. The number of nitrogens with zero attached hydrogens (tertiary/aromatic N) is 3. The van der Waals surface area contributed by atoms with Crippen molar-refractivity contribution in [2.75, 3.05) is 0 Å². The van der Waals surface area contributed by atoms with Crippen molar-refractivity contribution in [3.63, 3.8) is 0 Å². The van der Waals surface area contributed by atoms with Crippen molar-refractivity contribution in [3.05, 3.63) is 176 Å². The zero-order chi connectivity index (χ0) is 45.1. The van der Waals surface area contributed by atoms with Crippen LogP contribution in [0.25, 0.3) is 134 Å². The molecule has 0 amide bonds. The van der Waals surface area contributed by atoms with Gasteiger partial charge in [0.25, 0.3) is 0 Å². The molecule has 14 aromatic rings. The Morgan fingerprint density at radius 2 is 1.18 bits per heavy atom. The standard InChI is InChI=1S/C54H29N3OS2/c1-2-14-33-30(12-1)13-11-20-38(33)54-55-49(53-50(56-54)41-19-7-10-23-46(41)60-53)31-24-26-34-35-27-25-32(29-44(35)58-43(34)28-31)57-42-21-8-5-17-39(42)47-36-15-3-4-16-37(36)48-40-18-6-9-22-45(40)59-52(48)51(47)57/h1-29H/i1D,2D,11D,12D,13D,14D,20D. The van der Waals surface area contributed by atoms with Crippen LogP contribution in [0.3, 0.4) is 0 Å². The van der Waals surface area contributed by atoms with Crippen LogP contribution in [-0.4, -0.2) is 14.5 Å². The van der Waals surface area contributed by atoms with Crippen molar-refractivity contribution in [3.8, 4) is 28.3 Å². The minimum Gasteiger partial charge on any atom is -0.456 e. The first-order valence-corrected chi connectivity index (χ1v) is 21.2. The van der Waals surface area contributed by atoms with E-state index in [1.54, 1.807) is 0 Å². The summed E-state index contributed by atoms with van der Waals surface area (Å²) >= 11 is 3.36. The SMILES string of the molecule is [2H]c1c([2H])c([2H])c2c(-c3nc(-c4ccc5c(c4)oc4cc(-n6c7ccccc7c7c8ccccc8c8c9ccccc9sc8c76)ccc45)c4sc5ccccc5c4n3)c([2H])c([2H])c([2H])c2c1[2H]. The fourth-order valence-corrected chi connectivity index (χ4v) is 11.7. The third kappa shape index (κ3) is 4.44.